The highest BCUT2D eigenvalue weighted by Crippen LogP contribution is 2.41. The number of ether oxygens (including phenoxy) is 1. The van der Waals surface area contributed by atoms with Crippen molar-refractivity contribution in [3.05, 3.63) is 60.7 Å². The van der Waals surface area contributed by atoms with Crippen LogP contribution in [-0.4, -0.2) is 21.0 Å². The van der Waals surface area contributed by atoms with E-state index in [1.54, 1.807) is 42.5 Å². The summed E-state index contributed by atoms with van der Waals surface area (Å²) in [5.74, 6) is 0.0997. The summed E-state index contributed by atoms with van der Waals surface area (Å²) in [4.78, 5) is 0. The number of methoxy groups -OCH3 is 1. The van der Waals surface area contributed by atoms with E-state index in [0.29, 0.717) is 27.3 Å². The van der Waals surface area contributed by atoms with E-state index in [1.807, 2.05) is 12.1 Å². The zero-order valence-electron chi connectivity index (χ0n) is 14.4. The molecule has 4 aromatic rings. The summed E-state index contributed by atoms with van der Waals surface area (Å²) in [7, 11) is -4.36. The summed E-state index contributed by atoms with van der Waals surface area (Å²) in [6, 6.07) is 16.9. The Bertz CT molecular complexity index is 1330. The minimum Gasteiger partial charge on any atom is -0.497 e. The third-order valence-electron chi connectivity index (χ3n) is 4.50. The standard InChI is InChI=1S/C20H13F3O4S/c1-26-14-8-6-12-7-9-16-15-5-3-2-4-13(15)10-18(19(16)17(12)11-14)27-28(24,25)20(21,22)23/h2-11H,1H3. The Balaban J connectivity index is 2.15. The molecule has 0 heterocycles. The molecule has 0 unspecified atom stereocenters. The molecule has 0 spiro atoms. The maximum atomic E-state index is 12.9. The van der Waals surface area contributed by atoms with Crippen LogP contribution in [0.15, 0.2) is 60.7 Å². The van der Waals surface area contributed by atoms with Gasteiger partial charge in [0.2, 0.25) is 0 Å². The number of alkyl halides is 3. The van der Waals surface area contributed by atoms with Gasteiger partial charge in [0.05, 0.1) is 7.11 Å². The smallest absolute Gasteiger partial charge is 0.497 e. The number of halogens is 3. The molecular weight excluding hydrogens is 393 g/mol. The Hall–Kier alpha value is -3.00. The van der Waals surface area contributed by atoms with E-state index in [1.165, 1.54) is 13.2 Å². The molecule has 4 nitrogen and oxygen atoms in total. The summed E-state index contributed by atoms with van der Waals surface area (Å²) in [5.41, 5.74) is -5.53. The summed E-state index contributed by atoms with van der Waals surface area (Å²) in [6.45, 7) is 0. The van der Waals surface area contributed by atoms with E-state index >= 15 is 0 Å². The molecule has 0 saturated heterocycles. The van der Waals surface area contributed by atoms with Crippen molar-refractivity contribution in [1.82, 2.24) is 0 Å². The van der Waals surface area contributed by atoms with Gasteiger partial charge < -0.3 is 8.92 Å². The Morgan fingerprint density at radius 1 is 0.821 bits per heavy atom. The van der Waals surface area contributed by atoms with Crippen LogP contribution in [0.1, 0.15) is 0 Å². The van der Waals surface area contributed by atoms with Crippen LogP contribution in [0, 0.1) is 0 Å². The van der Waals surface area contributed by atoms with E-state index < -0.39 is 15.6 Å². The lowest BCUT2D eigenvalue weighted by Crippen LogP contribution is -2.28. The first-order valence-electron chi connectivity index (χ1n) is 8.14. The van der Waals surface area contributed by atoms with Crippen molar-refractivity contribution in [1.29, 1.82) is 0 Å². The quantitative estimate of drug-likeness (QED) is 0.260. The molecular formula is C20H13F3O4S. The minimum absolute atomic E-state index is 0.267. The average molecular weight is 406 g/mol. The molecule has 0 radical (unpaired) electrons. The molecule has 144 valence electrons. The van der Waals surface area contributed by atoms with E-state index in [9.17, 15) is 21.6 Å². The third-order valence-corrected chi connectivity index (χ3v) is 5.46. The van der Waals surface area contributed by atoms with E-state index in [-0.39, 0.29) is 11.1 Å². The van der Waals surface area contributed by atoms with Crippen molar-refractivity contribution in [2.45, 2.75) is 5.51 Å². The fourth-order valence-corrected chi connectivity index (χ4v) is 3.69. The molecule has 0 aromatic heterocycles. The Morgan fingerprint density at radius 2 is 1.54 bits per heavy atom. The zero-order valence-corrected chi connectivity index (χ0v) is 15.3. The van der Waals surface area contributed by atoms with Gasteiger partial charge >= 0.3 is 15.6 Å². The molecule has 28 heavy (non-hydrogen) atoms. The highest BCUT2D eigenvalue weighted by atomic mass is 32.2. The van der Waals surface area contributed by atoms with Gasteiger partial charge in [0.1, 0.15) is 5.75 Å². The Morgan fingerprint density at radius 3 is 2.25 bits per heavy atom. The molecule has 0 bridgehead atoms. The first kappa shape index (κ1) is 18.4. The van der Waals surface area contributed by atoms with Crippen LogP contribution in [0.3, 0.4) is 0 Å². The minimum atomic E-state index is -5.83. The highest BCUT2D eigenvalue weighted by Gasteiger charge is 2.48. The molecule has 4 aromatic carbocycles. The second-order valence-electron chi connectivity index (χ2n) is 6.15. The number of benzene rings is 4. The predicted molar refractivity (Wildman–Crippen MR) is 101 cm³/mol. The van der Waals surface area contributed by atoms with Gasteiger partial charge in [-0.05, 0) is 45.1 Å². The number of fused-ring (bicyclic) bond motifs is 5. The molecule has 0 N–H and O–H groups in total. The summed E-state index contributed by atoms with van der Waals surface area (Å²) >= 11 is 0. The second-order valence-corrected chi connectivity index (χ2v) is 7.69. The van der Waals surface area contributed by atoms with Crippen LogP contribution >= 0.6 is 0 Å². The van der Waals surface area contributed by atoms with Crippen LogP contribution in [0.25, 0.3) is 32.3 Å². The van der Waals surface area contributed by atoms with Gasteiger partial charge in [-0.1, -0.05) is 42.5 Å². The van der Waals surface area contributed by atoms with Crippen molar-refractivity contribution in [3.63, 3.8) is 0 Å². The van der Waals surface area contributed by atoms with Crippen molar-refractivity contribution in [2.75, 3.05) is 7.11 Å². The fraction of sp³-hybridized carbons (Fsp3) is 0.100. The average Bonchev–Trinajstić information content (AvgIpc) is 2.65. The Kier molecular flexibility index (Phi) is 4.11. The molecule has 0 aliphatic carbocycles. The number of rotatable bonds is 3. The van der Waals surface area contributed by atoms with Crippen molar-refractivity contribution < 1.29 is 30.5 Å². The van der Waals surface area contributed by atoms with Crippen molar-refractivity contribution in [2.24, 2.45) is 0 Å². The van der Waals surface area contributed by atoms with Crippen molar-refractivity contribution in [3.8, 4) is 11.5 Å². The van der Waals surface area contributed by atoms with Gasteiger partial charge in [0, 0.05) is 5.39 Å². The molecule has 0 atom stereocenters. The molecule has 8 heteroatoms. The maximum absolute atomic E-state index is 12.9. The topological polar surface area (TPSA) is 52.6 Å². The monoisotopic (exact) mass is 406 g/mol. The maximum Gasteiger partial charge on any atom is 0.534 e. The molecule has 0 aliphatic rings. The SMILES string of the molecule is COc1ccc2ccc3c4ccccc4cc(OS(=O)(=O)C(F)(F)F)c3c2c1. The van der Waals surface area contributed by atoms with Crippen molar-refractivity contribution >= 4 is 42.4 Å². The van der Waals surface area contributed by atoms with Gasteiger partial charge in [-0.15, -0.1) is 0 Å². The molecule has 0 fully saturated rings. The molecule has 4 rings (SSSR count). The second kappa shape index (κ2) is 6.27. The normalized spacial score (nSPS) is 12.6. The number of hydrogen-bond acceptors (Lipinski definition) is 4. The van der Waals surface area contributed by atoms with Gasteiger partial charge in [0.15, 0.2) is 5.75 Å². The van der Waals surface area contributed by atoms with Crippen LogP contribution in [0.5, 0.6) is 11.5 Å². The van der Waals surface area contributed by atoms with E-state index in [0.717, 1.165) is 5.39 Å². The summed E-state index contributed by atoms with van der Waals surface area (Å²) < 4.78 is 72.0. The lowest BCUT2D eigenvalue weighted by molar-refractivity contribution is -0.0499. The first-order valence-corrected chi connectivity index (χ1v) is 9.55. The van der Waals surface area contributed by atoms with Crippen LogP contribution in [0.4, 0.5) is 13.2 Å². The fourth-order valence-electron chi connectivity index (χ4n) is 3.23. The molecule has 0 amide bonds. The van der Waals surface area contributed by atoms with Gasteiger partial charge in [-0.2, -0.15) is 21.6 Å². The van der Waals surface area contributed by atoms with Gasteiger partial charge in [0.25, 0.3) is 0 Å². The molecule has 0 saturated carbocycles. The van der Waals surface area contributed by atoms with Crippen LogP contribution in [-0.2, 0) is 10.1 Å². The zero-order chi connectivity index (χ0) is 20.1. The largest absolute Gasteiger partial charge is 0.534 e. The van der Waals surface area contributed by atoms with E-state index in [2.05, 4.69) is 4.18 Å². The lowest BCUT2D eigenvalue weighted by atomic mass is 9.96. The van der Waals surface area contributed by atoms with Crippen LogP contribution in [0.2, 0.25) is 0 Å². The van der Waals surface area contributed by atoms with E-state index in [4.69, 9.17) is 4.74 Å². The number of hydrogen-bond donors (Lipinski definition) is 0. The Labute approximate surface area is 158 Å². The highest BCUT2D eigenvalue weighted by molar-refractivity contribution is 7.88. The summed E-state index contributed by atoms with van der Waals surface area (Å²) in [5, 5.41) is 3.39. The molecule has 0 aliphatic heterocycles. The first-order chi connectivity index (χ1) is 13.2. The van der Waals surface area contributed by atoms with Gasteiger partial charge in [-0.3, -0.25) is 0 Å². The lowest BCUT2D eigenvalue weighted by Gasteiger charge is -2.15. The van der Waals surface area contributed by atoms with Crippen LogP contribution < -0.4 is 8.92 Å². The third kappa shape index (κ3) is 2.90. The predicted octanol–water partition coefficient (Wildman–Crippen LogP) is 5.38. The summed E-state index contributed by atoms with van der Waals surface area (Å²) in [6.07, 6.45) is 0. The van der Waals surface area contributed by atoms with Gasteiger partial charge in [-0.25, -0.2) is 0 Å².